The van der Waals surface area contributed by atoms with Crippen LogP contribution >= 0.6 is 0 Å². The maximum atomic E-state index is 12.8. The number of halogens is 3. The molecule has 9 heteroatoms. The lowest BCUT2D eigenvalue weighted by atomic mass is 9.89. The maximum absolute atomic E-state index is 12.8. The normalized spacial score (nSPS) is 25.1. The molecule has 0 amide bonds. The minimum atomic E-state index is -4.45. The Morgan fingerprint density at radius 2 is 2.00 bits per heavy atom. The minimum Gasteiger partial charge on any atom is -0.491 e. The Labute approximate surface area is 203 Å². The number of esters is 1. The summed E-state index contributed by atoms with van der Waals surface area (Å²) in [5.74, 6) is 0.0867. The monoisotopic (exact) mass is 498 g/mol. The molecule has 1 aliphatic heterocycles. The lowest BCUT2D eigenvalue weighted by Gasteiger charge is -2.27. The summed E-state index contributed by atoms with van der Waals surface area (Å²) in [5.41, 5.74) is -0.800. The zero-order chi connectivity index (χ0) is 25.4. The molecule has 1 aromatic rings. The van der Waals surface area contributed by atoms with E-state index in [0.29, 0.717) is 6.42 Å². The molecule has 0 spiro atoms. The van der Waals surface area contributed by atoms with Crippen LogP contribution in [0.4, 0.5) is 13.2 Å². The number of hydrogen-bond acceptors (Lipinski definition) is 6. The van der Waals surface area contributed by atoms with Gasteiger partial charge in [0.05, 0.1) is 17.8 Å². The van der Waals surface area contributed by atoms with Crippen LogP contribution in [-0.4, -0.2) is 42.1 Å². The van der Waals surface area contributed by atoms with Crippen molar-refractivity contribution < 1.29 is 42.3 Å². The van der Waals surface area contributed by atoms with Gasteiger partial charge in [-0.3, -0.25) is 4.79 Å². The molecule has 1 aliphatic carbocycles. The van der Waals surface area contributed by atoms with Gasteiger partial charge >= 0.3 is 12.1 Å². The van der Waals surface area contributed by atoms with E-state index in [1.807, 2.05) is 26.0 Å². The van der Waals surface area contributed by atoms with Crippen LogP contribution in [0.2, 0.25) is 0 Å². The molecule has 0 radical (unpaired) electrons. The molecular weight excluding hydrogens is 465 g/mol. The van der Waals surface area contributed by atoms with Gasteiger partial charge in [0, 0.05) is 24.7 Å². The Morgan fingerprint density at radius 3 is 2.74 bits per heavy atom. The Morgan fingerprint density at radius 1 is 1.23 bits per heavy atom. The number of aliphatic hydroxyl groups is 1. The zero-order valence-corrected chi connectivity index (χ0v) is 19.9. The van der Waals surface area contributed by atoms with Gasteiger partial charge in [0.2, 0.25) is 0 Å². The van der Waals surface area contributed by atoms with Gasteiger partial charge in [-0.25, -0.2) is 9.78 Å². The fourth-order valence-corrected chi connectivity index (χ4v) is 4.33. The third kappa shape index (κ3) is 8.37. The number of rotatable bonds is 12. The van der Waals surface area contributed by atoms with Crippen LogP contribution in [0, 0.1) is 11.8 Å². The number of hydrogen-bond donors (Lipinski definition) is 1. The summed E-state index contributed by atoms with van der Waals surface area (Å²) in [5, 5.41) is 10.3. The van der Waals surface area contributed by atoms with E-state index in [1.54, 1.807) is 6.08 Å². The van der Waals surface area contributed by atoms with Crippen molar-refractivity contribution in [2.24, 2.45) is 11.8 Å². The third-order valence-electron chi connectivity index (χ3n) is 6.00. The molecule has 1 heterocycles. The van der Waals surface area contributed by atoms with Crippen LogP contribution in [0.15, 0.2) is 48.6 Å². The predicted octanol–water partition coefficient (Wildman–Crippen LogP) is 5.40. The van der Waals surface area contributed by atoms with Gasteiger partial charge in [-0.1, -0.05) is 30.4 Å². The number of ether oxygens (including phenoxy) is 2. The summed E-state index contributed by atoms with van der Waals surface area (Å²) >= 11 is 0. The van der Waals surface area contributed by atoms with E-state index in [-0.39, 0.29) is 48.5 Å². The molecule has 194 valence electrons. The molecule has 6 nitrogen and oxygen atoms in total. The number of unbranched alkanes of at least 4 members (excludes halogenated alkanes) is 1. The van der Waals surface area contributed by atoms with Gasteiger partial charge in [0.15, 0.2) is 0 Å². The maximum Gasteiger partial charge on any atom is 0.416 e. The summed E-state index contributed by atoms with van der Waals surface area (Å²) in [4.78, 5) is 22.3. The Kier molecular flexibility index (Phi) is 9.77. The van der Waals surface area contributed by atoms with Gasteiger partial charge in [-0.2, -0.15) is 13.2 Å². The average Bonchev–Trinajstić information content (AvgIpc) is 3.39. The molecule has 3 rings (SSSR count). The Hall–Kier alpha value is -2.36. The van der Waals surface area contributed by atoms with Crippen molar-refractivity contribution in [2.45, 2.75) is 76.5 Å². The number of carbonyl (C=O) groups is 1. The van der Waals surface area contributed by atoms with Crippen LogP contribution in [0.25, 0.3) is 0 Å². The Balaban J connectivity index is 1.45. The molecule has 0 aromatic heterocycles. The van der Waals surface area contributed by atoms with Crippen LogP contribution in [0.3, 0.4) is 0 Å². The Bertz CT molecular complexity index is 882. The summed E-state index contributed by atoms with van der Waals surface area (Å²) in [6, 6.07) is 4.56. The van der Waals surface area contributed by atoms with Gasteiger partial charge in [-0.15, -0.1) is 0 Å². The first-order valence-electron chi connectivity index (χ1n) is 12.0. The molecule has 1 unspecified atom stereocenters. The molecule has 1 saturated carbocycles. The average molecular weight is 499 g/mol. The summed E-state index contributed by atoms with van der Waals surface area (Å²) in [6.07, 6.45) is 5.37. The molecule has 5 atom stereocenters. The summed E-state index contributed by atoms with van der Waals surface area (Å²) in [7, 11) is 0. The summed E-state index contributed by atoms with van der Waals surface area (Å²) < 4.78 is 49.0. The first kappa shape index (κ1) is 27.2. The first-order valence-corrected chi connectivity index (χ1v) is 12.0. The molecule has 1 N–H and O–H groups in total. The second kappa shape index (κ2) is 12.6. The number of allylic oxidation sites excluding steroid dienone is 2. The first-order chi connectivity index (χ1) is 16.6. The van der Waals surface area contributed by atoms with E-state index in [2.05, 4.69) is 6.08 Å². The van der Waals surface area contributed by atoms with Gasteiger partial charge < -0.3 is 14.6 Å². The zero-order valence-electron chi connectivity index (χ0n) is 19.9. The van der Waals surface area contributed by atoms with E-state index < -0.39 is 17.8 Å². The lowest BCUT2D eigenvalue weighted by Crippen LogP contribution is -2.29. The van der Waals surface area contributed by atoms with Crippen LogP contribution in [-0.2, 0) is 25.5 Å². The molecule has 2 bridgehead atoms. The van der Waals surface area contributed by atoms with Crippen molar-refractivity contribution in [3.8, 4) is 5.75 Å². The SMILES string of the molecule is CC(C)OC(=O)CCC/C=C\C[C@@H]1C(/C=C/[C@@H](O)COc2cccc(C(F)(F)F)c2)[C@H]2C[C@@H]1OO2. The largest absolute Gasteiger partial charge is 0.491 e. The highest BCUT2D eigenvalue weighted by Gasteiger charge is 2.49. The fraction of sp³-hybridized carbons (Fsp3) is 0.577. The standard InChI is InChI=1S/C26H33F3O6/c1-17(2)33-25(31)11-6-4-3-5-10-21-22(24-15-23(21)34-35-24)13-12-19(30)16-32-20-9-7-8-18(14-20)26(27,28)29/h3,5,7-9,12-14,17,19,21-24,30H,4,6,10-11,15-16H2,1-2H3/b5-3-,13-12+/t19-,21-,22?,23+,24-/m1/s1. The van der Waals surface area contributed by atoms with Crippen LogP contribution < -0.4 is 4.74 Å². The topological polar surface area (TPSA) is 74.2 Å². The highest BCUT2D eigenvalue weighted by Crippen LogP contribution is 2.45. The van der Waals surface area contributed by atoms with E-state index in [0.717, 1.165) is 37.8 Å². The number of benzene rings is 1. The second-order valence-corrected chi connectivity index (χ2v) is 9.17. The van der Waals surface area contributed by atoms with Crippen molar-refractivity contribution >= 4 is 5.97 Å². The minimum absolute atomic E-state index is 0.0289. The number of alkyl halides is 3. The third-order valence-corrected chi connectivity index (χ3v) is 6.00. The molecule has 1 aromatic carbocycles. The molecule has 35 heavy (non-hydrogen) atoms. The van der Waals surface area contributed by atoms with E-state index in [4.69, 9.17) is 19.2 Å². The van der Waals surface area contributed by atoms with Gasteiger partial charge in [0.1, 0.15) is 24.6 Å². The van der Waals surface area contributed by atoms with Crippen LogP contribution in [0.1, 0.15) is 51.5 Å². The van der Waals surface area contributed by atoms with Gasteiger partial charge in [-0.05, 0) is 51.3 Å². The van der Waals surface area contributed by atoms with Crippen molar-refractivity contribution in [3.63, 3.8) is 0 Å². The van der Waals surface area contributed by atoms with Crippen molar-refractivity contribution in [3.05, 3.63) is 54.1 Å². The smallest absolute Gasteiger partial charge is 0.416 e. The summed E-state index contributed by atoms with van der Waals surface area (Å²) in [6.45, 7) is 3.48. The number of fused-ring (bicyclic) bond motifs is 2. The van der Waals surface area contributed by atoms with E-state index in [1.165, 1.54) is 12.1 Å². The fourth-order valence-electron chi connectivity index (χ4n) is 4.33. The molecular formula is C26H33F3O6. The number of aliphatic hydroxyl groups excluding tert-OH is 1. The van der Waals surface area contributed by atoms with Crippen molar-refractivity contribution in [1.82, 2.24) is 0 Å². The molecule has 2 aliphatic rings. The van der Waals surface area contributed by atoms with E-state index in [9.17, 15) is 23.1 Å². The van der Waals surface area contributed by atoms with Crippen molar-refractivity contribution in [2.75, 3.05) is 6.61 Å². The molecule has 1 saturated heterocycles. The highest BCUT2D eigenvalue weighted by molar-refractivity contribution is 5.69. The van der Waals surface area contributed by atoms with Crippen molar-refractivity contribution in [1.29, 1.82) is 0 Å². The lowest BCUT2D eigenvalue weighted by molar-refractivity contribution is -0.336. The van der Waals surface area contributed by atoms with E-state index >= 15 is 0 Å². The quantitative estimate of drug-likeness (QED) is 0.180. The highest BCUT2D eigenvalue weighted by atomic mass is 19.4. The van der Waals surface area contributed by atoms with Gasteiger partial charge in [0.25, 0.3) is 0 Å². The number of carbonyl (C=O) groups excluding carboxylic acids is 1. The molecule has 2 fully saturated rings. The van der Waals surface area contributed by atoms with Crippen LogP contribution in [0.5, 0.6) is 5.75 Å². The second-order valence-electron chi connectivity index (χ2n) is 9.17. The predicted molar refractivity (Wildman–Crippen MR) is 122 cm³/mol.